The van der Waals surface area contributed by atoms with Crippen molar-refractivity contribution in [3.8, 4) is 22.8 Å². The highest BCUT2D eigenvalue weighted by molar-refractivity contribution is 6.32. The first-order valence-electron chi connectivity index (χ1n) is 6.81. The summed E-state index contributed by atoms with van der Waals surface area (Å²) in [6.45, 7) is 1.85. The van der Waals surface area contributed by atoms with Gasteiger partial charge in [0.25, 0.3) is 5.69 Å². The molecule has 0 saturated heterocycles. The Labute approximate surface area is 137 Å². The number of nitrogens with zero attached hydrogens (tertiary/aromatic N) is 1. The molecule has 116 valence electrons. The highest BCUT2D eigenvalue weighted by Crippen LogP contribution is 2.36. The largest absolute Gasteiger partial charge is 0.464 e. The number of furan rings is 1. The number of halogens is 1. The molecule has 23 heavy (non-hydrogen) atoms. The van der Waals surface area contributed by atoms with E-state index in [0.29, 0.717) is 27.8 Å². The summed E-state index contributed by atoms with van der Waals surface area (Å²) in [5.41, 5.74) is 1.31. The lowest BCUT2D eigenvalue weighted by atomic mass is 10.1. The average molecular weight is 330 g/mol. The fourth-order valence-corrected chi connectivity index (χ4v) is 2.46. The minimum Gasteiger partial charge on any atom is -0.464 e. The molecule has 3 rings (SSSR count). The van der Waals surface area contributed by atoms with Crippen LogP contribution < -0.4 is 4.74 Å². The second-order valence-corrected chi connectivity index (χ2v) is 5.35. The summed E-state index contributed by atoms with van der Waals surface area (Å²) in [4.78, 5) is 10.7. The monoisotopic (exact) mass is 329 g/mol. The lowest BCUT2D eigenvalue weighted by Crippen LogP contribution is -1.93. The Balaban J connectivity index is 2.07. The van der Waals surface area contributed by atoms with E-state index in [0.717, 1.165) is 5.56 Å². The highest BCUT2D eigenvalue weighted by atomic mass is 35.5. The van der Waals surface area contributed by atoms with Crippen LogP contribution in [0.4, 0.5) is 5.69 Å². The maximum Gasteiger partial charge on any atom is 0.273 e. The first-order chi connectivity index (χ1) is 11.0. The van der Waals surface area contributed by atoms with Gasteiger partial charge in [-0.1, -0.05) is 23.7 Å². The van der Waals surface area contributed by atoms with E-state index in [9.17, 15) is 10.1 Å². The van der Waals surface area contributed by atoms with Gasteiger partial charge in [-0.2, -0.15) is 0 Å². The van der Waals surface area contributed by atoms with Crippen LogP contribution in [-0.2, 0) is 0 Å². The van der Waals surface area contributed by atoms with Gasteiger partial charge in [0.05, 0.1) is 22.3 Å². The van der Waals surface area contributed by atoms with Crippen molar-refractivity contribution in [2.75, 3.05) is 0 Å². The van der Waals surface area contributed by atoms with Crippen LogP contribution in [0.2, 0.25) is 5.02 Å². The molecule has 0 amide bonds. The van der Waals surface area contributed by atoms with Crippen LogP contribution in [0.5, 0.6) is 11.5 Å². The number of non-ortho nitro benzene ring substituents is 1. The van der Waals surface area contributed by atoms with Crippen molar-refractivity contribution in [2.45, 2.75) is 6.92 Å². The molecular weight excluding hydrogens is 318 g/mol. The van der Waals surface area contributed by atoms with Gasteiger partial charge < -0.3 is 9.15 Å². The first kappa shape index (κ1) is 15.1. The number of benzene rings is 2. The summed E-state index contributed by atoms with van der Waals surface area (Å²) in [6, 6.07) is 13.3. The number of nitro benzene ring substituents is 1. The summed E-state index contributed by atoms with van der Waals surface area (Å²) in [6.07, 6.45) is 1.51. The van der Waals surface area contributed by atoms with E-state index in [1.54, 1.807) is 24.3 Å². The molecule has 0 N–H and O–H groups in total. The van der Waals surface area contributed by atoms with Gasteiger partial charge in [0.2, 0.25) is 0 Å². The third kappa shape index (κ3) is 3.19. The van der Waals surface area contributed by atoms with Crippen molar-refractivity contribution in [3.05, 3.63) is 75.5 Å². The van der Waals surface area contributed by atoms with Crippen molar-refractivity contribution < 1.29 is 14.1 Å². The molecule has 0 radical (unpaired) electrons. The third-order valence-electron chi connectivity index (χ3n) is 3.29. The standard InChI is InChI=1S/C17H12ClNO4/c1-11-4-2-5-15(18)17(11)23-14-9-12(16-6-3-7-22-16)8-13(10-14)19(20)21/h2-10H,1H3. The predicted octanol–water partition coefficient (Wildman–Crippen LogP) is 5.61. The second kappa shape index (κ2) is 6.14. The quantitative estimate of drug-likeness (QED) is 0.461. The summed E-state index contributed by atoms with van der Waals surface area (Å²) in [5.74, 6) is 1.32. The molecule has 0 spiro atoms. The van der Waals surface area contributed by atoms with Crippen LogP contribution in [0.3, 0.4) is 0 Å². The van der Waals surface area contributed by atoms with Gasteiger partial charge in [-0.05, 0) is 36.8 Å². The fourth-order valence-electron chi connectivity index (χ4n) is 2.20. The number of para-hydroxylation sites is 1. The zero-order chi connectivity index (χ0) is 16.4. The second-order valence-electron chi connectivity index (χ2n) is 4.94. The van der Waals surface area contributed by atoms with E-state index in [1.807, 2.05) is 19.1 Å². The van der Waals surface area contributed by atoms with Crippen molar-refractivity contribution >= 4 is 17.3 Å². The van der Waals surface area contributed by atoms with E-state index >= 15 is 0 Å². The Hall–Kier alpha value is -2.79. The van der Waals surface area contributed by atoms with E-state index in [2.05, 4.69) is 0 Å². The van der Waals surface area contributed by atoms with Gasteiger partial charge in [-0.25, -0.2) is 0 Å². The third-order valence-corrected chi connectivity index (χ3v) is 3.59. The van der Waals surface area contributed by atoms with Crippen LogP contribution in [0, 0.1) is 17.0 Å². The molecule has 2 aromatic carbocycles. The predicted molar refractivity (Wildman–Crippen MR) is 87.1 cm³/mol. The number of hydrogen-bond donors (Lipinski definition) is 0. The minimum absolute atomic E-state index is 0.0846. The Morgan fingerprint density at radius 3 is 2.65 bits per heavy atom. The van der Waals surface area contributed by atoms with Crippen molar-refractivity contribution in [1.29, 1.82) is 0 Å². The van der Waals surface area contributed by atoms with Gasteiger partial charge in [0, 0.05) is 11.6 Å². The highest BCUT2D eigenvalue weighted by Gasteiger charge is 2.15. The van der Waals surface area contributed by atoms with Crippen LogP contribution in [0.1, 0.15) is 5.56 Å². The molecule has 0 unspecified atom stereocenters. The minimum atomic E-state index is -0.473. The summed E-state index contributed by atoms with van der Waals surface area (Å²) >= 11 is 6.14. The van der Waals surface area contributed by atoms with Gasteiger partial charge in [0.1, 0.15) is 17.3 Å². The van der Waals surface area contributed by atoms with Gasteiger partial charge in [-0.3, -0.25) is 10.1 Å². The topological polar surface area (TPSA) is 65.5 Å². The Kier molecular flexibility index (Phi) is 4.04. The number of ether oxygens (including phenoxy) is 1. The van der Waals surface area contributed by atoms with Crippen molar-refractivity contribution in [2.24, 2.45) is 0 Å². The molecule has 0 fully saturated rings. The number of hydrogen-bond acceptors (Lipinski definition) is 4. The van der Waals surface area contributed by atoms with E-state index in [-0.39, 0.29) is 5.69 Å². The summed E-state index contributed by atoms with van der Waals surface area (Å²) in [5, 5.41) is 11.6. The van der Waals surface area contributed by atoms with Gasteiger partial charge >= 0.3 is 0 Å². The number of aryl methyl sites for hydroxylation is 1. The molecule has 0 saturated carbocycles. The molecule has 0 aliphatic heterocycles. The number of rotatable bonds is 4. The van der Waals surface area contributed by atoms with Crippen molar-refractivity contribution in [3.63, 3.8) is 0 Å². The molecule has 6 heteroatoms. The molecule has 3 aromatic rings. The lowest BCUT2D eigenvalue weighted by Gasteiger charge is -2.11. The molecule has 0 aliphatic rings. The molecular formula is C17H12ClNO4. The molecule has 0 bridgehead atoms. The number of nitro groups is 1. The van der Waals surface area contributed by atoms with E-state index < -0.39 is 4.92 Å². The average Bonchev–Trinajstić information content (AvgIpc) is 3.05. The molecule has 1 heterocycles. The Morgan fingerprint density at radius 2 is 2.00 bits per heavy atom. The first-order valence-corrected chi connectivity index (χ1v) is 7.19. The maximum atomic E-state index is 11.2. The summed E-state index contributed by atoms with van der Waals surface area (Å²) < 4.78 is 11.1. The fraction of sp³-hybridized carbons (Fsp3) is 0.0588. The maximum absolute atomic E-state index is 11.2. The molecule has 0 atom stereocenters. The lowest BCUT2D eigenvalue weighted by molar-refractivity contribution is -0.384. The SMILES string of the molecule is Cc1cccc(Cl)c1Oc1cc(-c2ccco2)cc([N+](=O)[O-])c1. The molecule has 0 aliphatic carbocycles. The molecule has 1 aromatic heterocycles. The van der Waals surface area contributed by atoms with Crippen LogP contribution in [0.25, 0.3) is 11.3 Å². The normalized spacial score (nSPS) is 10.5. The van der Waals surface area contributed by atoms with Gasteiger partial charge in [-0.15, -0.1) is 0 Å². The smallest absolute Gasteiger partial charge is 0.273 e. The molecule has 5 nitrogen and oxygen atoms in total. The van der Waals surface area contributed by atoms with Gasteiger partial charge in [0.15, 0.2) is 0 Å². The zero-order valence-corrected chi connectivity index (χ0v) is 12.9. The van der Waals surface area contributed by atoms with E-state index in [4.69, 9.17) is 20.8 Å². The van der Waals surface area contributed by atoms with E-state index in [1.165, 1.54) is 18.4 Å². The zero-order valence-electron chi connectivity index (χ0n) is 12.2. The Morgan fingerprint density at radius 1 is 1.17 bits per heavy atom. The summed E-state index contributed by atoms with van der Waals surface area (Å²) in [7, 11) is 0. The van der Waals surface area contributed by atoms with Crippen molar-refractivity contribution in [1.82, 2.24) is 0 Å². The van der Waals surface area contributed by atoms with Crippen LogP contribution in [-0.4, -0.2) is 4.92 Å². The Bertz CT molecular complexity index is 839. The van der Waals surface area contributed by atoms with Crippen LogP contribution >= 0.6 is 11.6 Å². The van der Waals surface area contributed by atoms with Crippen LogP contribution in [0.15, 0.2) is 59.2 Å².